The van der Waals surface area contributed by atoms with Crippen molar-refractivity contribution in [2.24, 2.45) is 0 Å². The van der Waals surface area contributed by atoms with E-state index in [1.807, 2.05) is 0 Å². The second kappa shape index (κ2) is 6.34. The van der Waals surface area contributed by atoms with Gasteiger partial charge in [-0.3, -0.25) is 4.79 Å². The summed E-state index contributed by atoms with van der Waals surface area (Å²) in [6, 6.07) is 6.57. The molecule has 0 bridgehead atoms. The molecule has 0 heterocycles. The second-order valence-corrected chi connectivity index (χ2v) is 3.09. The maximum absolute atomic E-state index is 10.5. The lowest BCUT2D eigenvalue weighted by Gasteiger charge is -2.07. The fourth-order valence-electron chi connectivity index (χ4n) is 1.14. The Kier molecular flexibility index (Phi) is 5.04. The van der Waals surface area contributed by atoms with Gasteiger partial charge in [0.1, 0.15) is 6.29 Å². The summed E-state index contributed by atoms with van der Waals surface area (Å²) in [5.41, 5.74) is 1.04. The predicted octanol–water partition coefficient (Wildman–Crippen LogP) is -0.414. The second-order valence-electron chi connectivity index (χ2n) is 3.09. The topological polar surface area (TPSA) is 66.8 Å². The number of hydrogen-bond acceptors (Lipinski definition) is 4. The molecule has 0 aromatic heterocycles. The van der Waals surface area contributed by atoms with E-state index < -0.39 is 7.12 Å². The highest BCUT2D eigenvalue weighted by molar-refractivity contribution is 6.60. The van der Waals surface area contributed by atoms with Gasteiger partial charge < -0.3 is 14.8 Å². The molecule has 15 heavy (non-hydrogen) atoms. The third-order valence-electron chi connectivity index (χ3n) is 1.91. The predicted molar refractivity (Wildman–Crippen MR) is 57.1 cm³/mol. The maximum Gasteiger partial charge on any atom is 0.491 e. The number of rotatable bonds is 6. The van der Waals surface area contributed by atoms with Gasteiger partial charge in [0, 0.05) is 18.8 Å². The van der Waals surface area contributed by atoms with Crippen LogP contribution in [0.5, 0.6) is 0 Å². The van der Waals surface area contributed by atoms with Crippen LogP contribution in [-0.4, -0.2) is 36.7 Å². The van der Waals surface area contributed by atoms with Crippen LogP contribution in [0.1, 0.15) is 16.8 Å². The molecule has 1 aromatic carbocycles. The molecule has 0 fully saturated rings. The summed E-state index contributed by atoms with van der Waals surface area (Å²) in [6.07, 6.45) is 1.19. The summed E-state index contributed by atoms with van der Waals surface area (Å²) in [6.45, 7) is 0.310. The normalized spacial score (nSPS) is 10.0. The zero-order chi connectivity index (χ0) is 11.1. The van der Waals surface area contributed by atoms with Gasteiger partial charge in [0.15, 0.2) is 0 Å². The Morgan fingerprint density at radius 2 is 2.27 bits per heavy atom. The van der Waals surface area contributed by atoms with Crippen LogP contribution >= 0.6 is 0 Å². The Hall–Kier alpha value is -1.17. The van der Waals surface area contributed by atoms with Gasteiger partial charge in [-0.2, -0.15) is 0 Å². The van der Waals surface area contributed by atoms with Crippen molar-refractivity contribution in [3.05, 3.63) is 29.8 Å². The SMILES string of the molecule is O=Cc1cccc(B(O)OCCCO)c1. The highest BCUT2D eigenvalue weighted by Crippen LogP contribution is 1.95. The zero-order valence-electron chi connectivity index (χ0n) is 8.30. The lowest BCUT2D eigenvalue weighted by atomic mass is 9.79. The van der Waals surface area contributed by atoms with Crippen LogP contribution in [0.15, 0.2) is 24.3 Å². The largest absolute Gasteiger partial charge is 0.491 e. The minimum absolute atomic E-state index is 0.0289. The number of aliphatic hydroxyl groups excluding tert-OH is 1. The van der Waals surface area contributed by atoms with Crippen molar-refractivity contribution in [2.75, 3.05) is 13.2 Å². The van der Waals surface area contributed by atoms with Crippen molar-refractivity contribution >= 4 is 18.9 Å². The Morgan fingerprint density at radius 3 is 2.93 bits per heavy atom. The van der Waals surface area contributed by atoms with Gasteiger partial charge in [-0.15, -0.1) is 0 Å². The van der Waals surface area contributed by atoms with Crippen LogP contribution in [0.4, 0.5) is 0 Å². The molecule has 0 aliphatic heterocycles. The van der Waals surface area contributed by atoms with E-state index in [4.69, 9.17) is 9.76 Å². The van der Waals surface area contributed by atoms with Crippen LogP contribution in [-0.2, 0) is 4.65 Å². The average molecular weight is 208 g/mol. The standard InChI is InChI=1S/C10H13BO4/c12-5-2-6-15-11(14)10-4-1-3-9(7-10)8-13/h1,3-4,7-8,12,14H,2,5-6H2. The molecule has 0 saturated heterocycles. The Labute approximate surface area is 88.6 Å². The summed E-state index contributed by atoms with van der Waals surface area (Å²) in [4.78, 5) is 10.5. The summed E-state index contributed by atoms with van der Waals surface area (Å²) < 4.78 is 5.05. The quantitative estimate of drug-likeness (QED) is 0.378. The van der Waals surface area contributed by atoms with Crippen molar-refractivity contribution in [3.63, 3.8) is 0 Å². The van der Waals surface area contributed by atoms with Gasteiger partial charge in [-0.25, -0.2) is 0 Å². The van der Waals surface area contributed by atoms with Crippen LogP contribution in [0.25, 0.3) is 0 Å². The van der Waals surface area contributed by atoms with Crippen molar-refractivity contribution in [1.82, 2.24) is 0 Å². The number of aldehydes is 1. The van der Waals surface area contributed by atoms with Crippen LogP contribution in [0.2, 0.25) is 0 Å². The smallest absolute Gasteiger partial charge is 0.423 e. The van der Waals surface area contributed by atoms with Crippen molar-refractivity contribution in [1.29, 1.82) is 0 Å². The molecule has 5 heteroatoms. The first kappa shape index (κ1) is 11.9. The molecule has 0 spiro atoms. The summed E-state index contributed by atoms with van der Waals surface area (Å²) in [5, 5.41) is 18.1. The van der Waals surface area contributed by atoms with Gasteiger partial charge in [-0.05, 0) is 11.9 Å². The molecule has 0 aliphatic carbocycles. The molecule has 0 unspecified atom stereocenters. The number of carbonyl (C=O) groups excluding carboxylic acids is 1. The lowest BCUT2D eigenvalue weighted by Crippen LogP contribution is -2.34. The first-order valence-electron chi connectivity index (χ1n) is 4.73. The molecule has 4 nitrogen and oxygen atoms in total. The molecular weight excluding hydrogens is 195 g/mol. The van der Waals surface area contributed by atoms with Gasteiger partial charge in [0.25, 0.3) is 0 Å². The Morgan fingerprint density at radius 1 is 1.47 bits per heavy atom. The molecule has 0 atom stereocenters. The molecule has 80 valence electrons. The number of benzene rings is 1. The maximum atomic E-state index is 10.5. The fourth-order valence-corrected chi connectivity index (χ4v) is 1.14. The minimum atomic E-state index is -1.04. The summed E-state index contributed by atoms with van der Waals surface area (Å²) >= 11 is 0. The zero-order valence-corrected chi connectivity index (χ0v) is 8.30. The monoisotopic (exact) mass is 208 g/mol. The van der Waals surface area contributed by atoms with E-state index >= 15 is 0 Å². The Balaban J connectivity index is 2.56. The highest BCUT2D eigenvalue weighted by atomic mass is 16.5. The molecule has 0 aliphatic rings. The molecule has 1 aromatic rings. The van der Waals surface area contributed by atoms with Gasteiger partial charge in [-0.1, -0.05) is 24.3 Å². The lowest BCUT2D eigenvalue weighted by molar-refractivity contribution is 0.112. The number of hydrogen-bond donors (Lipinski definition) is 2. The van der Waals surface area contributed by atoms with E-state index in [9.17, 15) is 9.82 Å². The molecule has 0 amide bonds. The van der Waals surface area contributed by atoms with E-state index in [0.717, 1.165) is 0 Å². The fraction of sp³-hybridized carbons (Fsp3) is 0.300. The van der Waals surface area contributed by atoms with E-state index in [1.54, 1.807) is 24.3 Å². The number of carbonyl (C=O) groups is 1. The first-order chi connectivity index (χ1) is 7.27. The third kappa shape index (κ3) is 3.83. The molecule has 1 rings (SSSR count). The minimum Gasteiger partial charge on any atom is -0.423 e. The van der Waals surface area contributed by atoms with Crippen LogP contribution < -0.4 is 5.46 Å². The van der Waals surface area contributed by atoms with Crippen LogP contribution in [0, 0.1) is 0 Å². The third-order valence-corrected chi connectivity index (χ3v) is 1.91. The van der Waals surface area contributed by atoms with E-state index in [2.05, 4.69) is 0 Å². The Bertz CT molecular complexity index is 316. The molecule has 2 N–H and O–H groups in total. The van der Waals surface area contributed by atoms with Gasteiger partial charge in [0.05, 0.1) is 0 Å². The summed E-state index contributed by atoms with van der Waals surface area (Å²) in [7, 11) is -1.04. The molecular formula is C10H13BO4. The van der Waals surface area contributed by atoms with Gasteiger partial charge in [0.2, 0.25) is 0 Å². The van der Waals surface area contributed by atoms with E-state index in [0.29, 0.717) is 23.7 Å². The average Bonchev–Trinajstić information content (AvgIpc) is 2.29. The summed E-state index contributed by atoms with van der Waals surface area (Å²) in [5.74, 6) is 0. The highest BCUT2D eigenvalue weighted by Gasteiger charge is 2.15. The van der Waals surface area contributed by atoms with Crippen molar-refractivity contribution < 1.29 is 19.6 Å². The van der Waals surface area contributed by atoms with E-state index in [-0.39, 0.29) is 13.2 Å². The van der Waals surface area contributed by atoms with Gasteiger partial charge >= 0.3 is 7.12 Å². The number of aliphatic hydroxyl groups is 1. The van der Waals surface area contributed by atoms with E-state index in [1.165, 1.54) is 0 Å². The first-order valence-corrected chi connectivity index (χ1v) is 4.73. The molecule has 0 saturated carbocycles. The van der Waals surface area contributed by atoms with Crippen LogP contribution in [0.3, 0.4) is 0 Å². The van der Waals surface area contributed by atoms with Crippen molar-refractivity contribution in [2.45, 2.75) is 6.42 Å². The van der Waals surface area contributed by atoms with Crippen molar-refractivity contribution in [3.8, 4) is 0 Å². The molecule has 0 radical (unpaired) electrons.